The first-order valence-corrected chi connectivity index (χ1v) is 7.49. The molecule has 5 heteroatoms. The van der Waals surface area contributed by atoms with Crippen LogP contribution in [0, 0.1) is 0 Å². The molecule has 1 heterocycles. The summed E-state index contributed by atoms with van der Waals surface area (Å²) in [6.45, 7) is 0. The Morgan fingerprint density at radius 1 is 0.952 bits per heavy atom. The fourth-order valence-corrected chi connectivity index (χ4v) is 2.98. The minimum absolute atomic E-state index is 0.621. The molecule has 3 rings (SSSR count). The number of hydrogen-bond acceptors (Lipinski definition) is 1. The molecular weight excluding hydrogens is 327 g/mol. The van der Waals surface area contributed by atoms with Crippen molar-refractivity contribution >= 4 is 34.8 Å². The molecule has 0 fully saturated rings. The van der Waals surface area contributed by atoms with Gasteiger partial charge in [0, 0.05) is 27.1 Å². The Kier molecular flexibility index (Phi) is 4.20. The Morgan fingerprint density at radius 3 is 2.38 bits per heavy atom. The van der Waals surface area contributed by atoms with Crippen molar-refractivity contribution in [1.29, 1.82) is 0 Å². The molecular formula is C16H11Cl3N2. The average Bonchev–Trinajstić information content (AvgIpc) is 2.86. The van der Waals surface area contributed by atoms with Crippen molar-refractivity contribution in [2.24, 2.45) is 0 Å². The van der Waals surface area contributed by atoms with Gasteiger partial charge in [0.15, 0.2) is 0 Å². The monoisotopic (exact) mass is 336 g/mol. The fourth-order valence-electron chi connectivity index (χ4n) is 2.18. The van der Waals surface area contributed by atoms with E-state index in [0.717, 1.165) is 22.6 Å². The van der Waals surface area contributed by atoms with Gasteiger partial charge in [0.2, 0.25) is 0 Å². The molecule has 1 N–H and O–H groups in total. The third-order valence-corrected chi connectivity index (χ3v) is 3.85. The topological polar surface area (TPSA) is 28.7 Å². The zero-order chi connectivity index (χ0) is 14.8. The van der Waals surface area contributed by atoms with E-state index in [1.54, 1.807) is 12.3 Å². The normalized spacial score (nSPS) is 10.8. The van der Waals surface area contributed by atoms with Crippen molar-refractivity contribution in [2.45, 2.75) is 6.42 Å². The average molecular weight is 338 g/mol. The van der Waals surface area contributed by atoms with Crippen LogP contribution in [0.4, 0.5) is 0 Å². The summed E-state index contributed by atoms with van der Waals surface area (Å²) < 4.78 is 0. The molecule has 0 atom stereocenters. The minimum Gasteiger partial charge on any atom is -0.342 e. The summed E-state index contributed by atoms with van der Waals surface area (Å²) in [4.78, 5) is 7.66. The zero-order valence-corrected chi connectivity index (χ0v) is 13.2. The Labute approximate surface area is 137 Å². The summed E-state index contributed by atoms with van der Waals surface area (Å²) in [6.07, 6.45) is 2.41. The van der Waals surface area contributed by atoms with E-state index in [2.05, 4.69) is 9.97 Å². The predicted molar refractivity (Wildman–Crippen MR) is 88.3 cm³/mol. The van der Waals surface area contributed by atoms with Gasteiger partial charge >= 0.3 is 0 Å². The van der Waals surface area contributed by atoms with Gasteiger partial charge < -0.3 is 4.98 Å². The second-order valence-corrected chi connectivity index (χ2v) is 5.96. The number of nitrogens with one attached hydrogen (secondary N) is 1. The lowest BCUT2D eigenvalue weighted by Gasteiger charge is -2.02. The van der Waals surface area contributed by atoms with E-state index in [4.69, 9.17) is 34.8 Å². The molecule has 0 aliphatic carbocycles. The Hall–Kier alpha value is -1.48. The Bertz CT molecular complexity index is 760. The number of nitrogens with zero attached hydrogens (tertiary/aromatic N) is 1. The second kappa shape index (κ2) is 6.10. The summed E-state index contributed by atoms with van der Waals surface area (Å²) in [5, 5.41) is 1.93. The van der Waals surface area contributed by atoms with Gasteiger partial charge in [0.25, 0.3) is 0 Å². The van der Waals surface area contributed by atoms with Crippen molar-refractivity contribution in [3.63, 3.8) is 0 Å². The molecule has 0 bridgehead atoms. The maximum absolute atomic E-state index is 6.19. The molecule has 0 radical (unpaired) electrons. The number of rotatable bonds is 3. The van der Waals surface area contributed by atoms with E-state index in [9.17, 15) is 0 Å². The Morgan fingerprint density at radius 2 is 1.67 bits per heavy atom. The molecule has 106 valence electrons. The van der Waals surface area contributed by atoms with Crippen LogP contribution in [-0.2, 0) is 6.42 Å². The van der Waals surface area contributed by atoms with Gasteiger partial charge in [0.05, 0.1) is 11.9 Å². The minimum atomic E-state index is 0.621. The largest absolute Gasteiger partial charge is 0.342 e. The molecule has 0 saturated carbocycles. The van der Waals surface area contributed by atoms with Crippen LogP contribution in [0.3, 0.4) is 0 Å². The summed E-state index contributed by atoms with van der Waals surface area (Å²) in [5.74, 6) is 0.836. The summed E-state index contributed by atoms with van der Waals surface area (Å²) >= 11 is 18.2. The predicted octanol–water partition coefficient (Wildman–Crippen LogP) is 5.63. The number of hydrogen-bond donors (Lipinski definition) is 1. The smallest absolute Gasteiger partial charge is 0.110 e. The van der Waals surface area contributed by atoms with Gasteiger partial charge in [-0.3, -0.25) is 0 Å². The van der Waals surface area contributed by atoms with Gasteiger partial charge in [-0.1, -0.05) is 53.0 Å². The van der Waals surface area contributed by atoms with E-state index in [1.807, 2.05) is 36.4 Å². The molecule has 1 aromatic heterocycles. The summed E-state index contributed by atoms with van der Waals surface area (Å²) in [6, 6.07) is 13.1. The number of aromatic nitrogens is 2. The maximum Gasteiger partial charge on any atom is 0.110 e. The molecule has 0 aliphatic rings. The van der Waals surface area contributed by atoms with Gasteiger partial charge in [-0.2, -0.15) is 0 Å². The van der Waals surface area contributed by atoms with Crippen LogP contribution < -0.4 is 0 Å². The van der Waals surface area contributed by atoms with E-state index < -0.39 is 0 Å². The van der Waals surface area contributed by atoms with Crippen molar-refractivity contribution in [3.05, 3.63) is 75.1 Å². The molecule has 3 aromatic rings. The van der Waals surface area contributed by atoms with E-state index in [0.29, 0.717) is 21.5 Å². The second-order valence-electron chi connectivity index (χ2n) is 4.68. The Balaban J connectivity index is 1.87. The van der Waals surface area contributed by atoms with Gasteiger partial charge in [-0.15, -0.1) is 0 Å². The fraction of sp³-hybridized carbons (Fsp3) is 0.0625. The van der Waals surface area contributed by atoms with Crippen LogP contribution in [-0.4, -0.2) is 9.97 Å². The lowest BCUT2D eigenvalue weighted by atomic mass is 10.1. The summed E-state index contributed by atoms with van der Waals surface area (Å²) in [5.41, 5.74) is 2.83. The molecule has 21 heavy (non-hydrogen) atoms. The van der Waals surface area contributed by atoms with Gasteiger partial charge in [-0.25, -0.2) is 4.98 Å². The molecule has 0 spiro atoms. The van der Waals surface area contributed by atoms with E-state index in [1.165, 1.54) is 0 Å². The zero-order valence-electron chi connectivity index (χ0n) is 10.9. The van der Waals surface area contributed by atoms with Crippen LogP contribution in [0.1, 0.15) is 11.4 Å². The highest BCUT2D eigenvalue weighted by atomic mass is 35.5. The molecule has 2 nitrogen and oxygen atoms in total. The number of H-pyrrole nitrogens is 1. The highest BCUT2D eigenvalue weighted by Gasteiger charge is 2.08. The first-order valence-electron chi connectivity index (χ1n) is 6.35. The summed E-state index contributed by atoms with van der Waals surface area (Å²) in [7, 11) is 0. The van der Waals surface area contributed by atoms with Crippen LogP contribution in [0.2, 0.25) is 15.1 Å². The van der Waals surface area contributed by atoms with Crippen molar-refractivity contribution in [2.75, 3.05) is 0 Å². The van der Waals surface area contributed by atoms with Crippen molar-refractivity contribution < 1.29 is 0 Å². The highest BCUT2D eigenvalue weighted by molar-refractivity contribution is 6.34. The molecule has 0 unspecified atom stereocenters. The first-order chi connectivity index (χ1) is 10.1. The van der Waals surface area contributed by atoms with Crippen LogP contribution in [0.25, 0.3) is 11.3 Å². The van der Waals surface area contributed by atoms with E-state index in [-0.39, 0.29) is 0 Å². The van der Waals surface area contributed by atoms with Crippen LogP contribution in [0.15, 0.2) is 48.7 Å². The van der Waals surface area contributed by atoms with Gasteiger partial charge in [-0.05, 0) is 29.8 Å². The molecule has 2 aromatic carbocycles. The first kappa shape index (κ1) is 14.5. The van der Waals surface area contributed by atoms with Crippen LogP contribution >= 0.6 is 34.8 Å². The lowest BCUT2D eigenvalue weighted by molar-refractivity contribution is 1.03. The number of aromatic amines is 1. The molecule has 0 amide bonds. The SMILES string of the molecule is Clc1cc(Cl)cc(Cc2ncc(-c3ccccc3Cl)[nH]2)c1. The van der Waals surface area contributed by atoms with Crippen molar-refractivity contribution in [3.8, 4) is 11.3 Å². The van der Waals surface area contributed by atoms with Gasteiger partial charge in [0.1, 0.15) is 5.82 Å². The third-order valence-electron chi connectivity index (χ3n) is 3.09. The van der Waals surface area contributed by atoms with Crippen LogP contribution in [0.5, 0.6) is 0 Å². The van der Waals surface area contributed by atoms with E-state index >= 15 is 0 Å². The molecule has 0 aliphatic heterocycles. The van der Waals surface area contributed by atoms with Crippen molar-refractivity contribution in [1.82, 2.24) is 9.97 Å². The number of benzene rings is 2. The molecule has 0 saturated heterocycles. The lowest BCUT2D eigenvalue weighted by Crippen LogP contribution is -1.91. The number of halogens is 3. The highest BCUT2D eigenvalue weighted by Crippen LogP contribution is 2.26. The number of imidazole rings is 1. The third kappa shape index (κ3) is 3.41. The standard InChI is InChI=1S/C16H11Cl3N2/c17-11-5-10(6-12(18)8-11)7-16-20-9-15(21-16)13-3-1-2-4-14(13)19/h1-6,8-9H,7H2,(H,20,21). The maximum atomic E-state index is 6.19. The quantitative estimate of drug-likeness (QED) is 0.659.